The minimum Gasteiger partial charge on any atom is -0.338 e. The average Bonchev–Trinajstić information content (AvgIpc) is 2.92. The second-order valence-electron chi connectivity index (χ2n) is 6.29. The number of urea groups is 1. The molecule has 3 heterocycles. The molecule has 3 rings (SSSR count). The molecule has 6 heteroatoms. The molecular formula is C16H26N4OS. The Kier molecular flexibility index (Phi) is 4.96. The minimum absolute atomic E-state index is 0.0728. The lowest BCUT2D eigenvalue weighted by atomic mass is 10.2. The topological polar surface area (TPSA) is 50.2 Å². The number of hydrogen-bond acceptors (Lipinski definition) is 3. The molecule has 22 heavy (non-hydrogen) atoms. The fourth-order valence-electron chi connectivity index (χ4n) is 3.21. The number of nitrogens with zero attached hydrogens (tertiary/aromatic N) is 3. The largest absolute Gasteiger partial charge is 0.338 e. The van der Waals surface area contributed by atoms with Crippen LogP contribution in [0.2, 0.25) is 0 Å². The van der Waals surface area contributed by atoms with Crippen LogP contribution < -0.4 is 5.32 Å². The smallest absolute Gasteiger partial charge is 0.317 e. The maximum atomic E-state index is 12.3. The average molecular weight is 322 g/mol. The molecule has 0 aliphatic carbocycles. The molecule has 0 radical (unpaired) electrons. The summed E-state index contributed by atoms with van der Waals surface area (Å²) in [7, 11) is 0. The van der Waals surface area contributed by atoms with Crippen molar-refractivity contribution in [2.75, 3.05) is 18.8 Å². The van der Waals surface area contributed by atoms with Gasteiger partial charge in [0.2, 0.25) is 0 Å². The molecule has 0 spiro atoms. The quantitative estimate of drug-likeness (QED) is 0.929. The van der Waals surface area contributed by atoms with Gasteiger partial charge in [0.05, 0.1) is 5.69 Å². The van der Waals surface area contributed by atoms with E-state index in [1.807, 2.05) is 16.7 Å². The highest BCUT2D eigenvalue weighted by molar-refractivity contribution is 8.00. The van der Waals surface area contributed by atoms with Gasteiger partial charge in [0.1, 0.15) is 5.82 Å². The Morgan fingerprint density at radius 1 is 1.41 bits per heavy atom. The molecule has 2 amide bonds. The molecule has 1 aromatic heterocycles. The number of aromatic nitrogens is 2. The van der Waals surface area contributed by atoms with Crippen molar-refractivity contribution < 1.29 is 4.79 Å². The Balaban J connectivity index is 1.48. The van der Waals surface area contributed by atoms with Gasteiger partial charge in [0, 0.05) is 55.7 Å². The molecule has 5 nitrogen and oxygen atoms in total. The van der Waals surface area contributed by atoms with E-state index in [0.717, 1.165) is 37.4 Å². The Hall–Kier alpha value is -1.17. The lowest BCUT2D eigenvalue weighted by molar-refractivity contribution is 0.180. The summed E-state index contributed by atoms with van der Waals surface area (Å²) in [6.45, 7) is 6.95. The number of carbonyl (C=O) groups excluding carboxylic acids is 1. The maximum absolute atomic E-state index is 12.3. The van der Waals surface area contributed by atoms with Gasteiger partial charge in [-0.05, 0) is 19.8 Å². The summed E-state index contributed by atoms with van der Waals surface area (Å²) < 4.78 is 2.27. The standard InChI is InChI=1S/C16H26N4OS/c1-12-13(2)22-10-9-20(12)16(21)17-7-6-14-11-19-8-4-3-5-15(19)18-14/h11-13H,3-10H2,1-2H3,(H,17,21). The summed E-state index contributed by atoms with van der Waals surface area (Å²) in [5.41, 5.74) is 1.10. The van der Waals surface area contributed by atoms with Gasteiger partial charge in [-0.2, -0.15) is 11.8 Å². The monoisotopic (exact) mass is 322 g/mol. The van der Waals surface area contributed by atoms with Crippen molar-refractivity contribution >= 4 is 17.8 Å². The maximum Gasteiger partial charge on any atom is 0.317 e. The fourth-order valence-corrected chi connectivity index (χ4v) is 4.31. The van der Waals surface area contributed by atoms with E-state index in [-0.39, 0.29) is 6.03 Å². The number of rotatable bonds is 3. The number of imidazole rings is 1. The van der Waals surface area contributed by atoms with Crippen LogP contribution in [0.3, 0.4) is 0 Å². The van der Waals surface area contributed by atoms with Crippen molar-refractivity contribution in [1.29, 1.82) is 0 Å². The SMILES string of the molecule is CC1SCCN(C(=O)NCCc2cn3c(n2)CCCC3)C1C. The third-order valence-electron chi connectivity index (χ3n) is 4.76. The molecule has 2 aliphatic heterocycles. The lowest BCUT2D eigenvalue weighted by Gasteiger charge is -2.37. The van der Waals surface area contributed by atoms with E-state index >= 15 is 0 Å². The van der Waals surface area contributed by atoms with Gasteiger partial charge in [0.25, 0.3) is 0 Å². The van der Waals surface area contributed by atoms with Gasteiger partial charge in [-0.1, -0.05) is 6.92 Å². The zero-order valence-corrected chi connectivity index (χ0v) is 14.4. The van der Waals surface area contributed by atoms with Gasteiger partial charge in [-0.25, -0.2) is 9.78 Å². The summed E-state index contributed by atoms with van der Waals surface area (Å²) in [4.78, 5) is 19.0. The van der Waals surface area contributed by atoms with Gasteiger partial charge in [-0.15, -0.1) is 0 Å². The van der Waals surface area contributed by atoms with Crippen LogP contribution >= 0.6 is 11.8 Å². The summed E-state index contributed by atoms with van der Waals surface area (Å²) in [5.74, 6) is 2.25. The first-order chi connectivity index (χ1) is 10.6. The highest BCUT2D eigenvalue weighted by atomic mass is 32.2. The second-order valence-corrected chi connectivity index (χ2v) is 7.78. The van der Waals surface area contributed by atoms with E-state index < -0.39 is 0 Å². The highest BCUT2D eigenvalue weighted by Gasteiger charge is 2.28. The molecule has 0 saturated carbocycles. The number of aryl methyl sites for hydroxylation is 2. The van der Waals surface area contributed by atoms with Crippen molar-refractivity contribution in [1.82, 2.24) is 19.8 Å². The fraction of sp³-hybridized carbons (Fsp3) is 0.750. The number of carbonyl (C=O) groups is 1. The summed E-state index contributed by atoms with van der Waals surface area (Å²) >= 11 is 1.95. The number of hydrogen-bond donors (Lipinski definition) is 1. The van der Waals surface area contributed by atoms with E-state index in [1.165, 1.54) is 18.7 Å². The Morgan fingerprint density at radius 2 is 2.27 bits per heavy atom. The predicted octanol–water partition coefficient (Wildman–Crippen LogP) is 2.30. The molecule has 1 fully saturated rings. The number of thioether (sulfide) groups is 1. The van der Waals surface area contributed by atoms with Gasteiger partial charge >= 0.3 is 6.03 Å². The highest BCUT2D eigenvalue weighted by Crippen LogP contribution is 2.24. The van der Waals surface area contributed by atoms with Crippen LogP contribution in [-0.4, -0.2) is 50.6 Å². The van der Waals surface area contributed by atoms with Gasteiger partial charge in [0.15, 0.2) is 0 Å². The number of fused-ring (bicyclic) bond motifs is 1. The Bertz CT molecular complexity index is 507. The number of nitrogens with one attached hydrogen (secondary N) is 1. The Morgan fingerprint density at radius 3 is 3.09 bits per heavy atom. The molecule has 1 N–H and O–H groups in total. The molecule has 1 aromatic rings. The van der Waals surface area contributed by atoms with Crippen molar-refractivity contribution in [3.05, 3.63) is 17.7 Å². The predicted molar refractivity (Wildman–Crippen MR) is 90.4 cm³/mol. The first-order valence-electron chi connectivity index (χ1n) is 8.36. The molecule has 0 bridgehead atoms. The number of amides is 2. The van der Waals surface area contributed by atoms with Crippen LogP contribution in [-0.2, 0) is 19.4 Å². The van der Waals surface area contributed by atoms with Crippen LogP contribution in [0.15, 0.2) is 6.20 Å². The summed E-state index contributed by atoms with van der Waals surface area (Å²) in [6.07, 6.45) is 6.56. The van der Waals surface area contributed by atoms with Crippen LogP contribution in [0.5, 0.6) is 0 Å². The van der Waals surface area contributed by atoms with E-state index in [0.29, 0.717) is 17.8 Å². The summed E-state index contributed by atoms with van der Waals surface area (Å²) in [5, 5.41) is 3.57. The van der Waals surface area contributed by atoms with Crippen molar-refractivity contribution in [3.63, 3.8) is 0 Å². The molecule has 122 valence electrons. The van der Waals surface area contributed by atoms with Crippen LogP contribution in [0.1, 0.15) is 38.2 Å². The van der Waals surface area contributed by atoms with Crippen molar-refractivity contribution in [3.8, 4) is 0 Å². The zero-order chi connectivity index (χ0) is 15.5. The van der Waals surface area contributed by atoms with Crippen LogP contribution in [0.4, 0.5) is 4.79 Å². The summed E-state index contributed by atoms with van der Waals surface area (Å²) in [6, 6.07) is 0.377. The molecule has 2 atom stereocenters. The second kappa shape index (κ2) is 6.94. The Labute approximate surface area is 136 Å². The zero-order valence-electron chi connectivity index (χ0n) is 13.5. The molecule has 2 unspecified atom stereocenters. The van der Waals surface area contributed by atoms with E-state index in [2.05, 4.69) is 34.9 Å². The van der Waals surface area contributed by atoms with Crippen molar-refractivity contribution in [2.45, 2.75) is 57.4 Å². The van der Waals surface area contributed by atoms with Crippen molar-refractivity contribution in [2.24, 2.45) is 0 Å². The van der Waals surface area contributed by atoms with E-state index in [4.69, 9.17) is 0 Å². The van der Waals surface area contributed by atoms with Gasteiger partial charge in [-0.3, -0.25) is 0 Å². The third-order valence-corrected chi connectivity index (χ3v) is 6.10. The molecule has 0 aromatic carbocycles. The molecule has 2 aliphatic rings. The van der Waals surface area contributed by atoms with E-state index in [1.54, 1.807) is 0 Å². The van der Waals surface area contributed by atoms with Crippen LogP contribution in [0, 0.1) is 0 Å². The normalized spacial score (nSPS) is 24.9. The first kappa shape index (κ1) is 15.7. The van der Waals surface area contributed by atoms with Gasteiger partial charge < -0.3 is 14.8 Å². The molecule has 1 saturated heterocycles. The minimum atomic E-state index is 0.0728. The van der Waals surface area contributed by atoms with Crippen LogP contribution in [0.25, 0.3) is 0 Å². The lowest BCUT2D eigenvalue weighted by Crippen LogP contribution is -2.52. The molecular weight excluding hydrogens is 296 g/mol. The van der Waals surface area contributed by atoms with E-state index in [9.17, 15) is 4.79 Å². The first-order valence-corrected chi connectivity index (χ1v) is 9.41. The third kappa shape index (κ3) is 3.42.